The molecule has 1 aliphatic heterocycles. The van der Waals surface area contributed by atoms with Gasteiger partial charge in [0.1, 0.15) is 4.92 Å². The van der Waals surface area contributed by atoms with Crippen LogP contribution in [0.4, 0.5) is 24.7 Å². The Morgan fingerprint density at radius 3 is 2.15 bits per heavy atom. The molecule has 0 unspecified atom stereocenters. The molecule has 1 fully saturated rings. The number of hydrogen-bond acceptors (Lipinski definition) is 5. The fourth-order valence-electron chi connectivity index (χ4n) is 2.73. The standard InChI is InChI=1S/C16H14F3N3O4/c17-16(18,19)11-1-3-12(4-2-11)20-7-9-21(10-8-20)15(23)13-5-6-14(26-13)22(24)25/h1-6H,7-10H2. The van der Waals surface area contributed by atoms with Crippen molar-refractivity contribution >= 4 is 17.5 Å². The molecule has 1 aromatic carbocycles. The molecule has 0 saturated carbocycles. The summed E-state index contributed by atoms with van der Waals surface area (Å²) in [5, 5.41) is 10.6. The molecular formula is C16H14F3N3O4. The van der Waals surface area contributed by atoms with E-state index in [2.05, 4.69) is 0 Å². The molecule has 10 heteroatoms. The van der Waals surface area contributed by atoms with Crippen LogP contribution in [0.3, 0.4) is 0 Å². The number of alkyl halides is 3. The molecule has 138 valence electrons. The maximum absolute atomic E-state index is 12.6. The highest BCUT2D eigenvalue weighted by molar-refractivity contribution is 5.92. The summed E-state index contributed by atoms with van der Waals surface area (Å²) in [4.78, 5) is 25.5. The molecule has 1 aromatic heterocycles. The fraction of sp³-hybridized carbons (Fsp3) is 0.312. The zero-order valence-electron chi connectivity index (χ0n) is 13.4. The normalized spacial score (nSPS) is 15.2. The molecule has 1 saturated heterocycles. The lowest BCUT2D eigenvalue weighted by molar-refractivity contribution is -0.402. The van der Waals surface area contributed by atoms with Crippen LogP contribution in [0.15, 0.2) is 40.8 Å². The van der Waals surface area contributed by atoms with Gasteiger partial charge in [0.15, 0.2) is 5.76 Å². The smallest absolute Gasteiger partial charge is 0.395 e. The first-order chi connectivity index (χ1) is 12.3. The Morgan fingerprint density at radius 2 is 1.65 bits per heavy atom. The summed E-state index contributed by atoms with van der Waals surface area (Å²) in [6.45, 7) is 1.52. The summed E-state index contributed by atoms with van der Waals surface area (Å²) in [6, 6.07) is 7.21. The van der Waals surface area contributed by atoms with Crippen molar-refractivity contribution in [3.05, 3.63) is 57.8 Å². The van der Waals surface area contributed by atoms with Crippen molar-refractivity contribution in [2.75, 3.05) is 31.1 Å². The van der Waals surface area contributed by atoms with Crippen LogP contribution in [-0.2, 0) is 6.18 Å². The van der Waals surface area contributed by atoms with Gasteiger partial charge in [-0.05, 0) is 30.3 Å². The number of halogens is 3. The van der Waals surface area contributed by atoms with Crippen LogP contribution in [0, 0.1) is 10.1 Å². The number of benzene rings is 1. The van der Waals surface area contributed by atoms with Crippen LogP contribution in [0.2, 0.25) is 0 Å². The van der Waals surface area contributed by atoms with Crippen LogP contribution < -0.4 is 4.90 Å². The molecular weight excluding hydrogens is 355 g/mol. The van der Waals surface area contributed by atoms with Crippen LogP contribution in [0.1, 0.15) is 16.1 Å². The maximum atomic E-state index is 12.6. The van der Waals surface area contributed by atoms with Gasteiger partial charge in [0.25, 0.3) is 5.91 Å². The lowest BCUT2D eigenvalue weighted by Crippen LogP contribution is -2.48. The summed E-state index contributed by atoms with van der Waals surface area (Å²) < 4.78 is 42.7. The Balaban J connectivity index is 1.61. The quantitative estimate of drug-likeness (QED) is 0.613. The number of nitrogens with zero attached hydrogens (tertiary/aromatic N) is 3. The second-order valence-electron chi connectivity index (χ2n) is 5.72. The van der Waals surface area contributed by atoms with Crippen LogP contribution in [0.5, 0.6) is 0 Å². The summed E-state index contributed by atoms with van der Waals surface area (Å²) >= 11 is 0. The van der Waals surface area contributed by atoms with E-state index in [-0.39, 0.29) is 5.76 Å². The predicted octanol–water partition coefficient (Wildman–Crippen LogP) is 3.17. The Labute approximate surface area is 145 Å². The van der Waals surface area contributed by atoms with Gasteiger partial charge in [0.2, 0.25) is 0 Å². The highest BCUT2D eigenvalue weighted by Gasteiger charge is 2.31. The van der Waals surface area contributed by atoms with E-state index in [4.69, 9.17) is 4.42 Å². The third-order valence-electron chi connectivity index (χ3n) is 4.11. The topological polar surface area (TPSA) is 79.8 Å². The second kappa shape index (κ2) is 6.70. The monoisotopic (exact) mass is 369 g/mol. The molecule has 26 heavy (non-hydrogen) atoms. The Kier molecular flexibility index (Phi) is 4.58. The van der Waals surface area contributed by atoms with Crippen molar-refractivity contribution in [1.82, 2.24) is 4.90 Å². The van der Waals surface area contributed by atoms with Gasteiger partial charge in [-0.2, -0.15) is 13.2 Å². The Bertz CT molecular complexity index is 809. The molecule has 0 aliphatic carbocycles. The van der Waals surface area contributed by atoms with Crippen molar-refractivity contribution in [2.45, 2.75) is 6.18 Å². The minimum atomic E-state index is -4.38. The summed E-state index contributed by atoms with van der Waals surface area (Å²) in [6.07, 6.45) is -4.38. The van der Waals surface area contributed by atoms with Crippen molar-refractivity contribution in [3.8, 4) is 0 Å². The van der Waals surface area contributed by atoms with Crippen LogP contribution in [-0.4, -0.2) is 41.9 Å². The highest BCUT2D eigenvalue weighted by atomic mass is 19.4. The molecule has 0 bridgehead atoms. The van der Waals surface area contributed by atoms with Gasteiger partial charge in [-0.1, -0.05) is 0 Å². The number of rotatable bonds is 3. The van der Waals surface area contributed by atoms with Crippen molar-refractivity contribution < 1.29 is 27.3 Å². The fourth-order valence-corrected chi connectivity index (χ4v) is 2.73. The number of anilines is 1. The van der Waals surface area contributed by atoms with E-state index in [1.807, 2.05) is 4.90 Å². The molecule has 2 aromatic rings. The molecule has 0 atom stereocenters. The van der Waals surface area contributed by atoms with Gasteiger partial charge in [-0.25, -0.2) is 0 Å². The summed E-state index contributed by atoms with van der Waals surface area (Å²) in [5.74, 6) is -1.07. The van der Waals surface area contributed by atoms with Crippen molar-refractivity contribution in [1.29, 1.82) is 0 Å². The molecule has 1 aliphatic rings. The van der Waals surface area contributed by atoms with Crippen LogP contribution >= 0.6 is 0 Å². The third-order valence-corrected chi connectivity index (χ3v) is 4.11. The van der Waals surface area contributed by atoms with Gasteiger partial charge in [-0.15, -0.1) is 0 Å². The first-order valence-corrected chi connectivity index (χ1v) is 7.71. The van der Waals surface area contributed by atoms with Gasteiger partial charge in [-0.3, -0.25) is 14.9 Å². The number of nitro groups is 1. The lowest BCUT2D eigenvalue weighted by Gasteiger charge is -2.35. The first-order valence-electron chi connectivity index (χ1n) is 7.71. The minimum Gasteiger partial charge on any atom is -0.395 e. The number of furan rings is 1. The van der Waals surface area contributed by atoms with E-state index in [0.29, 0.717) is 31.9 Å². The molecule has 0 N–H and O–H groups in total. The Morgan fingerprint density at radius 1 is 1.04 bits per heavy atom. The van der Waals surface area contributed by atoms with E-state index in [0.717, 1.165) is 18.2 Å². The number of piperazine rings is 1. The summed E-state index contributed by atoms with van der Waals surface area (Å²) in [5.41, 5.74) is -0.0757. The molecule has 2 heterocycles. The highest BCUT2D eigenvalue weighted by Crippen LogP contribution is 2.30. The first kappa shape index (κ1) is 17.8. The van der Waals surface area contributed by atoms with E-state index in [1.54, 1.807) is 0 Å². The van der Waals surface area contributed by atoms with Gasteiger partial charge in [0, 0.05) is 31.9 Å². The molecule has 1 amide bonds. The molecule has 7 nitrogen and oxygen atoms in total. The average molecular weight is 369 g/mol. The van der Waals surface area contributed by atoms with Crippen molar-refractivity contribution in [2.24, 2.45) is 0 Å². The number of carbonyl (C=O) groups excluding carboxylic acids is 1. The van der Waals surface area contributed by atoms with E-state index >= 15 is 0 Å². The maximum Gasteiger partial charge on any atom is 0.433 e. The predicted molar refractivity (Wildman–Crippen MR) is 84.9 cm³/mol. The largest absolute Gasteiger partial charge is 0.433 e. The summed E-state index contributed by atoms with van der Waals surface area (Å²) in [7, 11) is 0. The molecule has 0 radical (unpaired) electrons. The van der Waals surface area contributed by atoms with Gasteiger partial charge >= 0.3 is 12.1 Å². The number of amides is 1. The Hall–Kier alpha value is -3.04. The second-order valence-corrected chi connectivity index (χ2v) is 5.72. The zero-order valence-corrected chi connectivity index (χ0v) is 13.4. The third kappa shape index (κ3) is 3.63. The number of carbonyl (C=O) groups is 1. The molecule has 3 rings (SSSR count). The van der Waals surface area contributed by atoms with E-state index in [1.165, 1.54) is 23.1 Å². The number of hydrogen-bond donors (Lipinski definition) is 0. The van der Waals surface area contributed by atoms with Gasteiger partial charge in [0.05, 0.1) is 11.6 Å². The van der Waals surface area contributed by atoms with Crippen molar-refractivity contribution in [3.63, 3.8) is 0 Å². The lowest BCUT2D eigenvalue weighted by atomic mass is 10.1. The minimum absolute atomic E-state index is 0.111. The van der Waals surface area contributed by atoms with Gasteiger partial charge < -0.3 is 14.2 Å². The van der Waals surface area contributed by atoms with Crippen LogP contribution in [0.25, 0.3) is 0 Å². The zero-order chi connectivity index (χ0) is 18.9. The SMILES string of the molecule is O=C(c1ccc([N+](=O)[O-])o1)N1CCN(c2ccc(C(F)(F)F)cc2)CC1. The van der Waals surface area contributed by atoms with E-state index in [9.17, 15) is 28.1 Å². The molecule has 0 spiro atoms. The average Bonchev–Trinajstić information content (AvgIpc) is 3.11. The van der Waals surface area contributed by atoms with E-state index < -0.39 is 28.5 Å².